The number of benzene rings is 3. The zero-order chi connectivity index (χ0) is 26.8. The van der Waals surface area contributed by atoms with Crippen LogP contribution in [0.25, 0.3) is 11.8 Å². The van der Waals surface area contributed by atoms with E-state index in [2.05, 4.69) is 20.9 Å². The fourth-order valence-corrected chi connectivity index (χ4v) is 5.80. The second kappa shape index (κ2) is 10.9. The lowest BCUT2D eigenvalue weighted by molar-refractivity contribution is -0.384. The summed E-state index contributed by atoms with van der Waals surface area (Å²) in [4.78, 5) is 30.1. The molecule has 190 valence electrons. The molecule has 0 atom stereocenters. The van der Waals surface area contributed by atoms with E-state index >= 15 is 0 Å². The van der Waals surface area contributed by atoms with Gasteiger partial charge in [0, 0.05) is 44.0 Å². The van der Waals surface area contributed by atoms with Crippen molar-refractivity contribution in [3.05, 3.63) is 116 Å². The number of rotatable bonds is 6. The van der Waals surface area contributed by atoms with Gasteiger partial charge in [-0.15, -0.1) is 0 Å². The Balaban J connectivity index is 1.33. The number of nitro groups is 1. The van der Waals surface area contributed by atoms with E-state index < -0.39 is 4.92 Å². The van der Waals surface area contributed by atoms with Crippen molar-refractivity contribution < 1.29 is 9.72 Å². The quantitative estimate of drug-likeness (QED) is 0.148. The van der Waals surface area contributed by atoms with Crippen molar-refractivity contribution in [1.29, 1.82) is 0 Å². The number of aryl methyl sites for hydroxylation is 1. The average molecular weight is 561 g/mol. The molecule has 1 N–H and O–H groups in total. The fraction of sp³-hybridized carbons (Fsp3) is 0.0714. The highest BCUT2D eigenvalue weighted by Gasteiger charge is 2.24. The summed E-state index contributed by atoms with van der Waals surface area (Å²) < 4.78 is 2.15. The number of non-ortho nitro benzene ring substituents is 1. The number of carbonyl (C=O) groups is 1. The summed E-state index contributed by atoms with van der Waals surface area (Å²) in [5, 5.41) is 14.8. The van der Waals surface area contributed by atoms with E-state index in [9.17, 15) is 14.9 Å². The molecule has 0 radical (unpaired) electrons. The lowest BCUT2D eigenvalue weighted by Crippen LogP contribution is -2.19. The van der Waals surface area contributed by atoms with Crippen LogP contribution in [0.2, 0.25) is 5.02 Å². The summed E-state index contributed by atoms with van der Waals surface area (Å²) in [5.74, 6) is -0.180. The summed E-state index contributed by atoms with van der Waals surface area (Å²) >= 11 is 8.79. The molecule has 1 aliphatic rings. The van der Waals surface area contributed by atoms with Gasteiger partial charge in [0.1, 0.15) is 0 Å². The van der Waals surface area contributed by atoms with Gasteiger partial charge < -0.3 is 9.88 Å². The van der Waals surface area contributed by atoms with Gasteiger partial charge in [0.15, 0.2) is 5.17 Å². The topological polar surface area (TPSA) is 89.5 Å². The van der Waals surface area contributed by atoms with Gasteiger partial charge in [0.2, 0.25) is 0 Å². The Labute approximate surface area is 232 Å². The molecule has 0 spiro atoms. The minimum Gasteiger partial charge on any atom is -0.318 e. The molecule has 10 heteroatoms. The molecule has 1 amide bonds. The third-order valence-electron chi connectivity index (χ3n) is 5.84. The van der Waals surface area contributed by atoms with E-state index in [1.807, 2.05) is 44.2 Å². The number of nitrogens with zero attached hydrogens (tertiary/aromatic N) is 3. The summed E-state index contributed by atoms with van der Waals surface area (Å²) in [6.45, 7) is 4.06. The largest absolute Gasteiger partial charge is 0.318 e. The van der Waals surface area contributed by atoms with Crippen LogP contribution in [0.4, 0.5) is 11.4 Å². The molecule has 1 aromatic heterocycles. The summed E-state index contributed by atoms with van der Waals surface area (Å²) in [7, 11) is 0. The van der Waals surface area contributed by atoms with Crippen molar-refractivity contribution in [1.82, 2.24) is 9.88 Å². The van der Waals surface area contributed by atoms with Crippen LogP contribution in [0.15, 0.2) is 98.6 Å². The normalized spacial score (nSPS) is 15.3. The number of nitro benzene ring substituents is 1. The van der Waals surface area contributed by atoms with E-state index in [0.29, 0.717) is 20.8 Å². The highest BCUT2D eigenvalue weighted by Crippen LogP contribution is 2.33. The van der Waals surface area contributed by atoms with Crippen LogP contribution < -0.4 is 5.32 Å². The Bertz CT molecular complexity index is 1590. The van der Waals surface area contributed by atoms with Gasteiger partial charge in [-0.25, -0.2) is 4.99 Å². The Kier molecular flexibility index (Phi) is 7.42. The van der Waals surface area contributed by atoms with Crippen molar-refractivity contribution in [3.63, 3.8) is 0 Å². The van der Waals surface area contributed by atoms with Crippen molar-refractivity contribution in [2.45, 2.75) is 23.6 Å². The number of amides is 1. The number of aliphatic imine (C=N–C) groups is 1. The van der Waals surface area contributed by atoms with E-state index in [-0.39, 0.29) is 11.6 Å². The molecule has 38 heavy (non-hydrogen) atoms. The molecule has 5 rings (SSSR count). The monoisotopic (exact) mass is 560 g/mol. The number of aromatic nitrogens is 1. The van der Waals surface area contributed by atoms with Gasteiger partial charge in [-0.1, -0.05) is 23.4 Å². The first-order valence-corrected chi connectivity index (χ1v) is 13.5. The average Bonchev–Trinajstić information content (AvgIpc) is 3.38. The number of hydrogen-bond donors (Lipinski definition) is 1. The van der Waals surface area contributed by atoms with Crippen molar-refractivity contribution in [3.8, 4) is 5.69 Å². The van der Waals surface area contributed by atoms with Gasteiger partial charge in [0.25, 0.3) is 11.6 Å². The van der Waals surface area contributed by atoms with Gasteiger partial charge in [0.05, 0.1) is 15.5 Å². The van der Waals surface area contributed by atoms with Crippen molar-refractivity contribution >= 4 is 63.7 Å². The Morgan fingerprint density at radius 1 is 1.00 bits per heavy atom. The number of nitrogens with one attached hydrogen (secondary N) is 1. The predicted molar refractivity (Wildman–Crippen MR) is 155 cm³/mol. The molecule has 1 saturated heterocycles. The molecule has 0 unspecified atom stereocenters. The summed E-state index contributed by atoms with van der Waals surface area (Å²) in [6, 6.07) is 23.8. The van der Waals surface area contributed by atoms with E-state index in [1.165, 1.54) is 23.9 Å². The van der Waals surface area contributed by atoms with Crippen LogP contribution >= 0.6 is 35.1 Å². The standard InChI is InChI=1S/C28H21ClN4O3S2/c1-17-15-19(16-26-27(34)31-28(38-26)30-21-5-3-20(29)4-6-21)18(2)32(17)22-7-11-24(12-8-22)37-25-13-9-23(10-14-25)33(35)36/h3-16H,1-2H3,(H,30,31,34)/b26-16+. The number of thioether (sulfide) groups is 1. The van der Waals surface area contributed by atoms with Crippen LogP contribution in [0.5, 0.6) is 0 Å². The molecule has 1 aliphatic heterocycles. The van der Waals surface area contributed by atoms with Crippen LogP contribution in [0.1, 0.15) is 17.0 Å². The van der Waals surface area contributed by atoms with Crippen LogP contribution in [0.3, 0.4) is 0 Å². The predicted octanol–water partition coefficient (Wildman–Crippen LogP) is 7.70. The Morgan fingerprint density at radius 3 is 2.26 bits per heavy atom. The highest BCUT2D eigenvalue weighted by atomic mass is 35.5. The molecule has 3 aromatic carbocycles. The van der Waals surface area contributed by atoms with Gasteiger partial charge in [-0.2, -0.15) is 0 Å². The second-order valence-corrected chi connectivity index (χ2v) is 11.1. The maximum absolute atomic E-state index is 12.6. The fourth-order valence-electron chi connectivity index (χ4n) is 4.02. The van der Waals surface area contributed by atoms with E-state index in [1.54, 1.807) is 48.2 Å². The SMILES string of the molecule is Cc1cc(/C=C2/SC(=Nc3ccc(Cl)cc3)NC2=O)c(C)n1-c1ccc(Sc2ccc([N+](=O)[O-])cc2)cc1. The molecule has 0 saturated carbocycles. The first-order valence-electron chi connectivity index (χ1n) is 11.5. The third-order valence-corrected chi connectivity index (χ3v) is 8.02. The smallest absolute Gasteiger partial charge is 0.269 e. The molecule has 0 bridgehead atoms. The van der Waals surface area contributed by atoms with Gasteiger partial charge in [-0.3, -0.25) is 14.9 Å². The maximum atomic E-state index is 12.6. The summed E-state index contributed by atoms with van der Waals surface area (Å²) in [5.41, 5.74) is 4.81. The van der Waals surface area contributed by atoms with E-state index in [0.717, 1.165) is 32.4 Å². The van der Waals surface area contributed by atoms with Crippen molar-refractivity contribution in [2.24, 2.45) is 4.99 Å². The number of amidine groups is 1. The summed E-state index contributed by atoms with van der Waals surface area (Å²) in [6.07, 6.45) is 1.89. The molecular formula is C28H21ClN4O3S2. The number of halogens is 1. The lowest BCUT2D eigenvalue weighted by atomic mass is 10.2. The molecular weight excluding hydrogens is 540 g/mol. The first kappa shape index (κ1) is 25.8. The highest BCUT2D eigenvalue weighted by molar-refractivity contribution is 8.18. The molecule has 0 aliphatic carbocycles. The zero-order valence-electron chi connectivity index (χ0n) is 20.3. The lowest BCUT2D eigenvalue weighted by Gasteiger charge is -2.11. The van der Waals surface area contributed by atoms with Crippen LogP contribution in [-0.4, -0.2) is 20.6 Å². The Hall–Kier alpha value is -3.79. The van der Waals surface area contributed by atoms with Crippen molar-refractivity contribution in [2.75, 3.05) is 0 Å². The van der Waals surface area contributed by atoms with Gasteiger partial charge in [-0.05, 0) is 104 Å². The minimum absolute atomic E-state index is 0.0765. The van der Waals surface area contributed by atoms with Crippen LogP contribution in [-0.2, 0) is 4.79 Å². The molecule has 1 fully saturated rings. The molecule has 4 aromatic rings. The van der Waals surface area contributed by atoms with Crippen LogP contribution in [0, 0.1) is 24.0 Å². The zero-order valence-corrected chi connectivity index (χ0v) is 22.7. The Morgan fingerprint density at radius 2 is 1.63 bits per heavy atom. The van der Waals surface area contributed by atoms with E-state index in [4.69, 9.17) is 11.6 Å². The minimum atomic E-state index is -0.402. The number of hydrogen-bond acceptors (Lipinski definition) is 6. The van der Waals surface area contributed by atoms with Gasteiger partial charge >= 0.3 is 0 Å². The molecule has 7 nitrogen and oxygen atoms in total. The first-order chi connectivity index (χ1) is 18.3. The number of carbonyl (C=O) groups excluding carboxylic acids is 1. The molecule has 2 heterocycles. The maximum Gasteiger partial charge on any atom is 0.269 e. The third kappa shape index (κ3) is 5.70. The second-order valence-electron chi connectivity index (χ2n) is 8.47.